The Morgan fingerprint density at radius 3 is 2.38 bits per heavy atom. The largest absolute Gasteiger partial charge is 0.480 e. The van der Waals surface area contributed by atoms with Crippen molar-refractivity contribution in [3.8, 4) is 0 Å². The summed E-state index contributed by atoms with van der Waals surface area (Å²) in [5.74, 6) is -0.797. The molecule has 2 unspecified atom stereocenters. The van der Waals surface area contributed by atoms with Gasteiger partial charge in [-0.3, -0.25) is 9.69 Å². The zero-order chi connectivity index (χ0) is 12.1. The molecule has 3 nitrogen and oxygen atoms in total. The molecule has 2 atom stereocenters. The minimum absolute atomic E-state index is 0.251. The first-order valence-corrected chi connectivity index (χ1v) is 5.57. The third kappa shape index (κ3) is 2.83. The summed E-state index contributed by atoms with van der Waals surface area (Å²) in [6, 6.07) is 9.05. The van der Waals surface area contributed by atoms with Gasteiger partial charge in [-0.05, 0) is 26.0 Å². The predicted octanol–water partition coefficient (Wildman–Crippen LogP) is 2.54. The summed E-state index contributed by atoms with van der Waals surface area (Å²) < 4.78 is 0. The van der Waals surface area contributed by atoms with Crippen molar-refractivity contribution in [1.29, 1.82) is 0 Å². The van der Waals surface area contributed by atoms with E-state index in [2.05, 4.69) is 6.92 Å². The van der Waals surface area contributed by atoms with Gasteiger partial charge in [-0.15, -0.1) is 0 Å². The number of carbonyl (C=O) groups is 1. The van der Waals surface area contributed by atoms with Crippen LogP contribution in [0.3, 0.4) is 0 Å². The molecule has 1 rings (SSSR count). The van der Waals surface area contributed by atoms with Gasteiger partial charge in [-0.1, -0.05) is 37.3 Å². The Morgan fingerprint density at radius 1 is 1.38 bits per heavy atom. The fourth-order valence-electron chi connectivity index (χ4n) is 1.73. The number of rotatable bonds is 5. The van der Waals surface area contributed by atoms with Crippen molar-refractivity contribution in [2.75, 3.05) is 7.05 Å². The van der Waals surface area contributed by atoms with Crippen molar-refractivity contribution in [2.24, 2.45) is 0 Å². The Kier molecular flexibility index (Phi) is 4.50. The lowest BCUT2D eigenvalue weighted by molar-refractivity contribution is -0.143. The molecule has 1 N–H and O–H groups in total. The molecule has 1 aromatic carbocycles. The zero-order valence-electron chi connectivity index (χ0n) is 10.1. The first-order chi connectivity index (χ1) is 7.57. The summed E-state index contributed by atoms with van der Waals surface area (Å²) in [6.45, 7) is 4.10. The van der Waals surface area contributed by atoms with Gasteiger partial charge in [-0.25, -0.2) is 0 Å². The molecule has 0 aliphatic heterocycles. The van der Waals surface area contributed by atoms with Crippen LogP contribution in [0, 0.1) is 0 Å². The lowest BCUT2D eigenvalue weighted by Crippen LogP contribution is -2.37. The first-order valence-electron chi connectivity index (χ1n) is 5.57. The van der Waals surface area contributed by atoms with Gasteiger partial charge < -0.3 is 5.11 Å². The standard InChI is InChI=1S/C13H19NO2/c1-4-10(2)14(3)12(13(15)16)11-8-6-5-7-9-11/h5-10,12H,4H2,1-3H3,(H,15,16). The summed E-state index contributed by atoms with van der Waals surface area (Å²) in [4.78, 5) is 13.2. The van der Waals surface area contributed by atoms with Crippen LogP contribution >= 0.6 is 0 Å². The Bertz CT molecular complexity index is 337. The highest BCUT2D eigenvalue weighted by Crippen LogP contribution is 2.22. The summed E-state index contributed by atoms with van der Waals surface area (Å²) >= 11 is 0. The maximum absolute atomic E-state index is 11.3. The summed E-state index contributed by atoms with van der Waals surface area (Å²) in [6.07, 6.45) is 0.938. The molecule has 0 saturated heterocycles. The number of nitrogens with zero attached hydrogens (tertiary/aromatic N) is 1. The number of aliphatic carboxylic acids is 1. The van der Waals surface area contributed by atoms with E-state index in [0.717, 1.165) is 12.0 Å². The van der Waals surface area contributed by atoms with Crippen LogP contribution in [0.15, 0.2) is 30.3 Å². The number of carboxylic acids is 1. The highest BCUT2D eigenvalue weighted by molar-refractivity contribution is 5.75. The van der Waals surface area contributed by atoms with E-state index in [1.807, 2.05) is 49.2 Å². The van der Waals surface area contributed by atoms with Crippen molar-refractivity contribution < 1.29 is 9.90 Å². The van der Waals surface area contributed by atoms with E-state index < -0.39 is 12.0 Å². The van der Waals surface area contributed by atoms with Crippen LogP contribution in [0.5, 0.6) is 0 Å². The van der Waals surface area contributed by atoms with Gasteiger partial charge in [0.25, 0.3) is 0 Å². The van der Waals surface area contributed by atoms with E-state index in [1.54, 1.807) is 0 Å². The molecule has 1 aromatic rings. The molecule has 0 aliphatic rings. The Labute approximate surface area is 96.7 Å². The van der Waals surface area contributed by atoms with E-state index in [1.165, 1.54) is 0 Å². The molecule has 0 bridgehead atoms. The van der Waals surface area contributed by atoms with Crippen molar-refractivity contribution in [1.82, 2.24) is 4.90 Å². The van der Waals surface area contributed by atoms with Gasteiger partial charge in [0.15, 0.2) is 0 Å². The first kappa shape index (κ1) is 12.7. The molecule has 0 heterocycles. The van der Waals surface area contributed by atoms with Crippen LogP contribution < -0.4 is 0 Å². The second-order valence-corrected chi connectivity index (χ2v) is 4.07. The fraction of sp³-hybridized carbons (Fsp3) is 0.462. The van der Waals surface area contributed by atoms with E-state index in [-0.39, 0.29) is 6.04 Å². The smallest absolute Gasteiger partial charge is 0.325 e. The van der Waals surface area contributed by atoms with Crippen LogP contribution in [0.25, 0.3) is 0 Å². The molecule has 88 valence electrons. The van der Waals surface area contributed by atoms with Crippen LogP contribution in [-0.2, 0) is 4.79 Å². The molecule has 0 spiro atoms. The van der Waals surface area contributed by atoms with Crippen molar-refractivity contribution >= 4 is 5.97 Å². The minimum atomic E-state index is -0.797. The molecule has 0 amide bonds. The van der Waals surface area contributed by atoms with Gasteiger partial charge >= 0.3 is 5.97 Å². The van der Waals surface area contributed by atoms with Crippen LogP contribution in [0.4, 0.5) is 0 Å². The SMILES string of the molecule is CCC(C)N(C)C(C(=O)O)c1ccccc1. The van der Waals surface area contributed by atoms with Gasteiger partial charge in [-0.2, -0.15) is 0 Å². The molecule has 0 aliphatic carbocycles. The normalized spacial score (nSPS) is 14.8. The molecular formula is C13H19NO2. The topological polar surface area (TPSA) is 40.5 Å². The third-order valence-corrected chi connectivity index (χ3v) is 3.04. The maximum atomic E-state index is 11.3. The summed E-state index contributed by atoms with van der Waals surface area (Å²) in [5, 5.41) is 9.30. The number of hydrogen-bond acceptors (Lipinski definition) is 2. The molecule has 3 heteroatoms. The average Bonchev–Trinajstić information content (AvgIpc) is 2.29. The van der Waals surface area contributed by atoms with E-state index in [4.69, 9.17) is 0 Å². The molecule has 0 fully saturated rings. The molecule has 16 heavy (non-hydrogen) atoms. The van der Waals surface area contributed by atoms with Gasteiger partial charge in [0, 0.05) is 6.04 Å². The Hall–Kier alpha value is -1.35. The molecular weight excluding hydrogens is 202 g/mol. The van der Waals surface area contributed by atoms with E-state index in [0.29, 0.717) is 0 Å². The van der Waals surface area contributed by atoms with Crippen LogP contribution in [0.2, 0.25) is 0 Å². The molecule has 0 aromatic heterocycles. The fourth-order valence-corrected chi connectivity index (χ4v) is 1.73. The second kappa shape index (κ2) is 5.66. The molecule has 0 saturated carbocycles. The highest BCUT2D eigenvalue weighted by Gasteiger charge is 2.26. The zero-order valence-corrected chi connectivity index (χ0v) is 10.1. The third-order valence-electron chi connectivity index (χ3n) is 3.04. The summed E-state index contributed by atoms with van der Waals surface area (Å²) in [5.41, 5.74) is 0.831. The van der Waals surface area contributed by atoms with Gasteiger partial charge in [0.05, 0.1) is 0 Å². The Morgan fingerprint density at radius 2 is 1.94 bits per heavy atom. The second-order valence-electron chi connectivity index (χ2n) is 4.07. The van der Waals surface area contributed by atoms with E-state index >= 15 is 0 Å². The average molecular weight is 221 g/mol. The number of likely N-dealkylation sites (N-methyl/N-ethyl adjacent to an activating group) is 1. The lowest BCUT2D eigenvalue weighted by atomic mass is 10.0. The monoisotopic (exact) mass is 221 g/mol. The predicted molar refractivity (Wildman–Crippen MR) is 64.3 cm³/mol. The summed E-state index contributed by atoms with van der Waals surface area (Å²) in [7, 11) is 1.86. The van der Waals surface area contributed by atoms with Gasteiger partial charge in [0.2, 0.25) is 0 Å². The maximum Gasteiger partial charge on any atom is 0.325 e. The van der Waals surface area contributed by atoms with Crippen molar-refractivity contribution in [3.05, 3.63) is 35.9 Å². The lowest BCUT2D eigenvalue weighted by Gasteiger charge is -2.30. The van der Waals surface area contributed by atoms with E-state index in [9.17, 15) is 9.90 Å². The number of hydrogen-bond donors (Lipinski definition) is 1. The number of carboxylic acid groups (broad SMARTS) is 1. The van der Waals surface area contributed by atoms with Gasteiger partial charge in [0.1, 0.15) is 6.04 Å². The van der Waals surface area contributed by atoms with Crippen LogP contribution in [-0.4, -0.2) is 29.1 Å². The van der Waals surface area contributed by atoms with Crippen molar-refractivity contribution in [2.45, 2.75) is 32.4 Å². The number of benzene rings is 1. The minimum Gasteiger partial charge on any atom is -0.480 e. The Balaban J connectivity index is 2.96. The molecule has 0 radical (unpaired) electrons. The highest BCUT2D eigenvalue weighted by atomic mass is 16.4. The van der Waals surface area contributed by atoms with Crippen LogP contribution in [0.1, 0.15) is 31.9 Å². The van der Waals surface area contributed by atoms with Crippen molar-refractivity contribution in [3.63, 3.8) is 0 Å². The quantitative estimate of drug-likeness (QED) is 0.830.